The van der Waals surface area contributed by atoms with Gasteiger partial charge in [0.2, 0.25) is 0 Å². The summed E-state index contributed by atoms with van der Waals surface area (Å²) in [5.74, 6) is 0.173. The SMILES string of the molecule is CC(C)c1nnsc1CNC(=O)c1ccc(-n2cnnc2)cc1. The van der Waals surface area contributed by atoms with Gasteiger partial charge >= 0.3 is 0 Å². The average Bonchev–Trinajstić information content (AvgIpc) is 3.24. The fourth-order valence-electron chi connectivity index (χ4n) is 2.16. The Hall–Kier alpha value is -2.61. The van der Waals surface area contributed by atoms with Crippen LogP contribution in [0, 0.1) is 0 Å². The highest BCUT2D eigenvalue weighted by atomic mass is 32.1. The first-order valence-corrected chi connectivity index (χ1v) is 7.97. The topological polar surface area (TPSA) is 85.6 Å². The summed E-state index contributed by atoms with van der Waals surface area (Å²) in [5, 5.41) is 14.5. The molecular weight excluding hydrogens is 312 g/mol. The van der Waals surface area contributed by atoms with E-state index in [9.17, 15) is 4.79 Å². The lowest BCUT2D eigenvalue weighted by Crippen LogP contribution is -2.23. The van der Waals surface area contributed by atoms with E-state index in [1.807, 2.05) is 12.1 Å². The molecule has 0 spiro atoms. The second-order valence-corrected chi connectivity index (χ2v) is 6.17. The molecule has 3 aromatic rings. The van der Waals surface area contributed by atoms with Gasteiger partial charge in [0.25, 0.3) is 5.91 Å². The van der Waals surface area contributed by atoms with Crippen LogP contribution in [0.1, 0.15) is 40.7 Å². The van der Waals surface area contributed by atoms with E-state index in [1.165, 1.54) is 11.5 Å². The van der Waals surface area contributed by atoms with Crippen LogP contribution in [0.5, 0.6) is 0 Å². The molecule has 3 rings (SSSR count). The number of hydrogen-bond acceptors (Lipinski definition) is 6. The van der Waals surface area contributed by atoms with Gasteiger partial charge in [0.15, 0.2) is 0 Å². The van der Waals surface area contributed by atoms with Crippen LogP contribution in [0.3, 0.4) is 0 Å². The van der Waals surface area contributed by atoms with E-state index in [-0.39, 0.29) is 5.91 Å². The van der Waals surface area contributed by atoms with E-state index in [2.05, 4.69) is 38.9 Å². The highest BCUT2D eigenvalue weighted by molar-refractivity contribution is 7.05. The summed E-state index contributed by atoms with van der Waals surface area (Å²) in [6.07, 6.45) is 3.22. The molecule has 0 aliphatic rings. The van der Waals surface area contributed by atoms with Crippen molar-refractivity contribution in [3.63, 3.8) is 0 Å². The molecule has 0 unspecified atom stereocenters. The van der Waals surface area contributed by atoms with Gasteiger partial charge in [-0.05, 0) is 41.7 Å². The fraction of sp³-hybridized carbons (Fsp3) is 0.267. The lowest BCUT2D eigenvalue weighted by Gasteiger charge is -2.07. The summed E-state index contributed by atoms with van der Waals surface area (Å²) in [6, 6.07) is 7.26. The van der Waals surface area contributed by atoms with E-state index < -0.39 is 0 Å². The molecule has 8 heteroatoms. The largest absolute Gasteiger partial charge is 0.347 e. The maximum absolute atomic E-state index is 12.2. The Labute approximate surface area is 137 Å². The van der Waals surface area contributed by atoms with Crippen molar-refractivity contribution < 1.29 is 4.79 Å². The molecule has 1 N–H and O–H groups in total. The third kappa shape index (κ3) is 3.42. The Bertz CT molecular complexity index is 779. The van der Waals surface area contributed by atoms with Crippen molar-refractivity contribution in [2.75, 3.05) is 0 Å². The summed E-state index contributed by atoms with van der Waals surface area (Å²) in [5.41, 5.74) is 2.45. The summed E-state index contributed by atoms with van der Waals surface area (Å²) < 4.78 is 5.74. The lowest BCUT2D eigenvalue weighted by atomic mass is 10.1. The number of hydrogen-bond donors (Lipinski definition) is 1. The first-order valence-electron chi connectivity index (χ1n) is 7.19. The van der Waals surface area contributed by atoms with E-state index >= 15 is 0 Å². The summed E-state index contributed by atoms with van der Waals surface area (Å²) in [4.78, 5) is 13.2. The second kappa shape index (κ2) is 6.66. The number of amides is 1. The average molecular weight is 328 g/mol. The molecule has 23 heavy (non-hydrogen) atoms. The van der Waals surface area contributed by atoms with E-state index in [1.54, 1.807) is 29.4 Å². The third-order valence-electron chi connectivity index (χ3n) is 3.39. The first-order chi connectivity index (χ1) is 11.1. The summed E-state index contributed by atoms with van der Waals surface area (Å²) >= 11 is 1.32. The van der Waals surface area contributed by atoms with Gasteiger partial charge in [0, 0.05) is 11.3 Å². The van der Waals surface area contributed by atoms with Gasteiger partial charge in [-0.3, -0.25) is 9.36 Å². The minimum absolute atomic E-state index is 0.122. The van der Waals surface area contributed by atoms with Crippen molar-refractivity contribution in [2.45, 2.75) is 26.3 Å². The summed E-state index contributed by atoms with van der Waals surface area (Å²) in [7, 11) is 0. The van der Waals surface area contributed by atoms with Crippen LogP contribution < -0.4 is 5.32 Å². The molecule has 0 aliphatic heterocycles. The van der Waals surface area contributed by atoms with Gasteiger partial charge in [-0.15, -0.1) is 15.3 Å². The highest BCUT2D eigenvalue weighted by Gasteiger charge is 2.13. The van der Waals surface area contributed by atoms with Crippen molar-refractivity contribution in [1.29, 1.82) is 0 Å². The van der Waals surface area contributed by atoms with Crippen LogP contribution in [-0.4, -0.2) is 30.3 Å². The Morgan fingerprint density at radius 2 is 1.91 bits per heavy atom. The molecule has 7 nitrogen and oxygen atoms in total. The van der Waals surface area contributed by atoms with Gasteiger partial charge in [-0.2, -0.15) is 0 Å². The Balaban J connectivity index is 1.65. The standard InChI is InChI=1S/C15H16N6OS/c1-10(2)14-13(23-20-19-14)7-16-15(22)11-3-5-12(6-4-11)21-8-17-18-9-21/h3-6,8-10H,7H2,1-2H3,(H,16,22). The number of nitrogens with zero attached hydrogens (tertiary/aromatic N) is 5. The van der Waals surface area contributed by atoms with Crippen molar-refractivity contribution in [2.24, 2.45) is 0 Å². The Kier molecular flexibility index (Phi) is 4.42. The number of rotatable bonds is 5. The number of carbonyl (C=O) groups excluding carboxylic acids is 1. The predicted octanol–water partition coefficient (Wildman–Crippen LogP) is 2.17. The third-order valence-corrected chi connectivity index (χ3v) is 4.13. The van der Waals surface area contributed by atoms with Gasteiger partial charge in [0.05, 0.1) is 17.1 Å². The van der Waals surface area contributed by atoms with Crippen molar-refractivity contribution in [1.82, 2.24) is 29.7 Å². The molecule has 118 valence electrons. The summed E-state index contributed by atoms with van der Waals surface area (Å²) in [6.45, 7) is 4.56. The maximum atomic E-state index is 12.2. The molecule has 0 radical (unpaired) electrons. The van der Waals surface area contributed by atoms with Crippen molar-refractivity contribution >= 4 is 17.4 Å². The van der Waals surface area contributed by atoms with Crippen molar-refractivity contribution in [3.05, 3.63) is 53.1 Å². The second-order valence-electron chi connectivity index (χ2n) is 5.33. The lowest BCUT2D eigenvalue weighted by molar-refractivity contribution is 0.0951. The molecular formula is C15H16N6OS. The monoisotopic (exact) mass is 328 g/mol. The molecule has 1 amide bonds. The van der Waals surface area contributed by atoms with Crippen LogP contribution >= 0.6 is 11.5 Å². The minimum atomic E-state index is -0.122. The smallest absolute Gasteiger partial charge is 0.251 e. The van der Waals surface area contributed by atoms with Gasteiger partial charge in [-0.1, -0.05) is 18.3 Å². The Morgan fingerprint density at radius 3 is 2.57 bits per heavy atom. The number of aromatic nitrogens is 5. The van der Waals surface area contributed by atoms with Crippen LogP contribution in [0.4, 0.5) is 0 Å². The zero-order valence-corrected chi connectivity index (χ0v) is 13.6. The van der Waals surface area contributed by atoms with Gasteiger partial charge < -0.3 is 5.32 Å². The molecule has 0 saturated heterocycles. The molecule has 2 heterocycles. The molecule has 1 aromatic carbocycles. The fourth-order valence-corrected chi connectivity index (χ4v) is 2.89. The number of carbonyl (C=O) groups is 1. The quantitative estimate of drug-likeness (QED) is 0.776. The number of nitrogens with one attached hydrogen (secondary N) is 1. The van der Waals surface area contributed by atoms with Crippen LogP contribution in [0.2, 0.25) is 0 Å². The van der Waals surface area contributed by atoms with E-state index in [4.69, 9.17) is 0 Å². The zero-order valence-electron chi connectivity index (χ0n) is 12.8. The molecule has 0 bridgehead atoms. The maximum Gasteiger partial charge on any atom is 0.251 e. The number of benzene rings is 1. The van der Waals surface area contributed by atoms with Crippen LogP contribution in [-0.2, 0) is 6.54 Å². The minimum Gasteiger partial charge on any atom is -0.347 e. The predicted molar refractivity (Wildman–Crippen MR) is 86.5 cm³/mol. The first kappa shape index (κ1) is 15.3. The molecule has 0 aliphatic carbocycles. The zero-order chi connectivity index (χ0) is 16.2. The van der Waals surface area contributed by atoms with Crippen molar-refractivity contribution in [3.8, 4) is 5.69 Å². The Morgan fingerprint density at radius 1 is 1.22 bits per heavy atom. The van der Waals surface area contributed by atoms with E-state index in [0.29, 0.717) is 18.0 Å². The molecule has 0 fully saturated rings. The molecule has 0 atom stereocenters. The molecule has 2 aromatic heterocycles. The van der Waals surface area contributed by atoms with Gasteiger partial charge in [-0.25, -0.2) is 0 Å². The van der Waals surface area contributed by atoms with Crippen LogP contribution in [0.15, 0.2) is 36.9 Å². The molecule has 0 saturated carbocycles. The normalized spacial score (nSPS) is 10.9. The highest BCUT2D eigenvalue weighted by Crippen LogP contribution is 2.19. The van der Waals surface area contributed by atoms with Gasteiger partial charge in [0.1, 0.15) is 12.7 Å². The van der Waals surface area contributed by atoms with Crippen LogP contribution in [0.25, 0.3) is 5.69 Å². The van der Waals surface area contributed by atoms with E-state index in [0.717, 1.165) is 16.3 Å².